The molecule has 1 aromatic rings. The summed E-state index contributed by atoms with van der Waals surface area (Å²) in [5.74, 6) is 0.467. The van der Waals surface area contributed by atoms with E-state index in [1.165, 1.54) is 0 Å². The normalized spacial score (nSPS) is 11.5. The molecule has 4 heteroatoms. The molecule has 3 nitrogen and oxygen atoms in total. The van der Waals surface area contributed by atoms with Crippen LogP contribution in [0.5, 0.6) is 0 Å². The van der Waals surface area contributed by atoms with Crippen molar-refractivity contribution in [3.05, 3.63) is 16.4 Å². The van der Waals surface area contributed by atoms with Crippen molar-refractivity contribution in [2.45, 2.75) is 53.0 Å². The smallest absolute Gasteiger partial charge is 0.155 e. The molecule has 0 spiro atoms. The molecule has 0 saturated carbocycles. The highest BCUT2D eigenvalue weighted by molar-refractivity contribution is 6.32. The third kappa shape index (κ3) is 3.09. The number of rotatable bonds is 6. The van der Waals surface area contributed by atoms with Gasteiger partial charge < -0.3 is 0 Å². The fourth-order valence-corrected chi connectivity index (χ4v) is 2.33. The topological polar surface area (TPSA) is 34.9 Å². The number of carbonyl (C=O) groups excluding carboxylic acids is 1. The van der Waals surface area contributed by atoms with Crippen molar-refractivity contribution in [1.29, 1.82) is 0 Å². The summed E-state index contributed by atoms with van der Waals surface area (Å²) in [6, 6.07) is 0.280. The van der Waals surface area contributed by atoms with Crippen LogP contribution in [0, 0.1) is 5.92 Å². The SMILES string of the molecule is CCC(CC)n1nc(CC(C)C)c(C=O)c1Cl. The molecular weight excluding hydrogens is 236 g/mol. The van der Waals surface area contributed by atoms with E-state index in [0.29, 0.717) is 16.6 Å². The Labute approximate surface area is 108 Å². The highest BCUT2D eigenvalue weighted by Crippen LogP contribution is 2.26. The van der Waals surface area contributed by atoms with Crippen LogP contribution in [0.1, 0.15) is 62.6 Å². The largest absolute Gasteiger partial charge is 0.298 e. The van der Waals surface area contributed by atoms with Crippen molar-refractivity contribution in [3.8, 4) is 0 Å². The van der Waals surface area contributed by atoms with Crippen LogP contribution in [0.2, 0.25) is 5.15 Å². The first kappa shape index (κ1) is 14.2. The minimum absolute atomic E-state index is 0.280. The van der Waals surface area contributed by atoms with Gasteiger partial charge in [0.1, 0.15) is 5.15 Å². The summed E-state index contributed by atoms with van der Waals surface area (Å²) < 4.78 is 1.81. The Kier molecular flexibility index (Phi) is 5.19. The fourth-order valence-electron chi connectivity index (χ4n) is 2.00. The van der Waals surface area contributed by atoms with Gasteiger partial charge in [-0.3, -0.25) is 4.79 Å². The van der Waals surface area contributed by atoms with Gasteiger partial charge in [0.2, 0.25) is 0 Å². The Morgan fingerprint density at radius 1 is 1.35 bits per heavy atom. The molecule has 0 amide bonds. The van der Waals surface area contributed by atoms with Crippen LogP contribution in [0.15, 0.2) is 0 Å². The molecule has 0 unspecified atom stereocenters. The summed E-state index contributed by atoms with van der Waals surface area (Å²) in [4.78, 5) is 11.1. The Bertz CT molecular complexity index is 381. The fraction of sp³-hybridized carbons (Fsp3) is 0.692. The summed E-state index contributed by atoms with van der Waals surface area (Å²) in [6.45, 7) is 8.43. The summed E-state index contributed by atoms with van der Waals surface area (Å²) in [6.07, 6.45) is 3.56. The van der Waals surface area contributed by atoms with Gasteiger partial charge in [-0.05, 0) is 25.2 Å². The van der Waals surface area contributed by atoms with Crippen LogP contribution in [-0.2, 0) is 6.42 Å². The van der Waals surface area contributed by atoms with Crippen LogP contribution in [0.4, 0.5) is 0 Å². The first-order valence-corrected chi connectivity index (χ1v) is 6.64. The predicted octanol–water partition coefficient (Wildman–Crippen LogP) is 3.91. The number of carbonyl (C=O) groups is 1. The van der Waals surface area contributed by atoms with E-state index in [2.05, 4.69) is 32.8 Å². The minimum atomic E-state index is 0.280. The lowest BCUT2D eigenvalue weighted by Gasteiger charge is -2.13. The van der Waals surface area contributed by atoms with Gasteiger partial charge in [0.25, 0.3) is 0 Å². The zero-order valence-electron chi connectivity index (χ0n) is 11.0. The lowest BCUT2D eigenvalue weighted by molar-refractivity contribution is 0.112. The van der Waals surface area contributed by atoms with Gasteiger partial charge in [-0.2, -0.15) is 5.10 Å². The van der Waals surface area contributed by atoms with E-state index in [1.54, 1.807) is 0 Å². The number of aromatic nitrogens is 2. The van der Waals surface area contributed by atoms with Crippen LogP contribution in [0.25, 0.3) is 0 Å². The quantitative estimate of drug-likeness (QED) is 0.724. The van der Waals surface area contributed by atoms with Gasteiger partial charge in [-0.1, -0.05) is 39.3 Å². The van der Waals surface area contributed by atoms with E-state index in [4.69, 9.17) is 11.6 Å². The Morgan fingerprint density at radius 2 is 1.94 bits per heavy atom. The highest BCUT2D eigenvalue weighted by Gasteiger charge is 2.20. The van der Waals surface area contributed by atoms with E-state index in [1.807, 2.05) is 4.68 Å². The van der Waals surface area contributed by atoms with E-state index >= 15 is 0 Å². The van der Waals surface area contributed by atoms with Gasteiger partial charge in [0.15, 0.2) is 6.29 Å². The third-order valence-corrected chi connectivity index (χ3v) is 3.35. The molecule has 0 atom stereocenters. The van der Waals surface area contributed by atoms with Crippen molar-refractivity contribution >= 4 is 17.9 Å². The first-order chi connectivity index (χ1) is 8.04. The number of halogens is 1. The summed E-state index contributed by atoms with van der Waals surface area (Å²) in [5.41, 5.74) is 1.39. The number of hydrogen-bond acceptors (Lipinski definition) is 2. The van der Waals surface area contributed by atoms with Crippen LogP contribution < -0.4 is 0 Å². The lowest BCUT2D eigenvalue weighted by atomic mass is 10.1. The molecule has 1 rings (SSSR count). The molecule has 0 aliphatic rings. The average molecular weight is 257 g/mol. The molecule has 0 radical (unpaired) electrons. The van der Waals surface area contributed by atoms with Crippen molar-refractivity contribution < 1.29 is 4.79 Å². The van der Waals surface area contributed by atoms with Crippen molar-refractivity contribution in [1.82, 2.24) is 9.78 Å². The maximum Gasteiger partial charge on any atom is 0.155 e. The maximum atomic E-state index is 11.1. The maximum absolute atomic E-state index is 11.1. The van der Waals surface area contributed by atoms with E-state index in [9.17, 15) is 4.79 Å². The predicted molar refractivity (Wildman–Crippen MR) is 70.8 cm³/mol. The van der Waals surface area contributed by atoms with Crippen LogP contribution in [0.3, 0.4) is 0 Å². The molecule has 96 valence electrons. The van der Waals surface area contributed by atoms with E-state index < -0.39 is 0 Å². The number of nitrogens with zero attached hydrogens (tertiary/aromatic N) is 2. The Balaban J connectivity index is 3.16. The van der Waals surface area contributed by atoms with E-state index in [-0.39, 0.29) is 6.04 Å². The second-order valence-electron chi connectivity index (χ2n) is 4.78. The van der Waals surface area contributed by atoms with Gasteiger partial charge in [-0.25, -0.2) is 4.68 Å². The molecule has 0 aliphatic heterocycles. The monoisotopic (exact) mass is 256 g/mol. The van der Waals surface area contributed by atoms with Crippen molar-refractivity contribution in [2.75, 3.05) is 0 Å². The Hall–Kier alpha value is -0.830. The number of hydrogen-bond donors (Lipinski definition) is 0. The van der Waals surface area contributed by atoms with Gasteiger partial charge in [0.05, 0.1) is 17.3 Å². The molecular formula is C13H21ClN2O. The highest BCUT2D eigenvalue weighted by atomic mass is 35.5. The first-order valence-electron chi connectivity index (χ1n) is 6.27. The van der Waals surface area contributed by atoms with Crippen LogP contribution in [-0.4, -0.2) is 16.1 Å². The molecule has 0 aliphatic carbocycles. The summed E-state index contributed by atoms with van der Waals surface area (Å²) in [5, 5.41) is 5.01. The zero-order chi connectivity index (χ0) is 13.0. The Morgan fingerprint density at radius 3 is 2.35 bits per heavy atom. The second-order valence-corrected chi connectivity index (χ2v) is 5.14. The van der Waals surface area contributed by atoms with Gasteiger partial charge in [0, 0.05) is 0 Å². The van der Waals surface area contributed by atoms with Gasteiger partial charge >= 0.3 is 0 Å². The average Bonchev–Trinajstić information content (AvgIpc) is 2.57. The number of aldehydes is 1. The second kappa shape index (κ2) is 6.20. The molecule has 0 N–H and O–H groups in total. The molecule has 0 aromatic carbocycles. The third-order valence-electron chi connectivity index (χ3n) is 2.97. The molecule has 0 saturated heterocycles. The molecule has 1 aromatic heterocycles. The zero-order valence-corrected chi connectivity index (χ0v) is 11.8. The van der Waals surface area contributed by atoms with Crippen LogP contribution >= 0.6 is 11.6 Å². The van der Waals surface area contributed by atoms with Crippen molar-refractivity contribution in [3.63, 3.8) is 0 Å². The van der Waals surface area contributed by atoms with Gasteiger partial charge in [-0.15, -0.1) is 0 Å². The van der Waals surface area contributed by atoms with E-state index in [0.717, 1.165) is 31.2 Å². The van der Waals surface area contributed by atoms with Crippen molar-refractivity contribution in [2.24, 2.45) is 5.92 Å². The lowest BCUT2D eigenvalue weighted by Crippen LogP contribution is -2.09. The standard InChI is InChI=1S/C13H21ClN2O/c1-5-10(6-2)16-13(14)11(8-17)12(15-16)7-9(3)4/h8-10H,5-7H2,1-4H3. The molecule has 0 fully saturated rings. The molecule has 0 bridgehead atoms. The molecule has 17 heavy (non-hydrogen) atoms. The minimum Gasteiger partial charge on any atom is -0.298 e. The summed E-state index contributed by atoms with van der Waals surface area (Å²) in [7, 11) is 0. The summed E-state index contributed by atoms with van der Waals surface area (Å²) >= 11 is 6.23. The molecule has 1 heterocycles.